The van der Waals surface area contributed by atoms with Crippen molar-refractivity contribution in [3.05, 3.63) is 69.7 Å². The van der Waals surface area contributed by atoms with Crippen LogP contribution in [0.5, 0.6) is 0 Å². The van der Waals surface area contributed by atoms with Gasteiger partial charge in [-0.25, -0.2) is 0 Å². The Labute approximate surface area is 224 Å². The molecule has 2 aromatic carbocycles. The number of nitrogens with one attached hydrogen (secondary N) is 1. The van der Waals surface area contributed by atoms with Gasteiger partial charge in [0.2, 0.25) is 11.8 Å². The first-order valence-electron chi connectivity index (χ1n) is 12.8. The molecule has 8 heteroatoms. The number of aryl methyl sites for hydroxylation is 1. The van der Waals surface area contributed by atoms with Gasteiger partial charge in [0, 0.05) is 31.7 Å². The van der Waals surface area contributed by atoms with E-state index in [0.29, 0.717) is 36.0 Å². The second-order valence-corrected chi connectivity index (χ2v) is 11.3. The van der Waals surface area contributed by atoms with Crippen molar-refractivity contribution in [1.82, 2.24) is 15.1 Å². The second kappa shape index (κ2) is 12.0. The van der Waals surface area contributed by atoms with Crippen molar-refractivity contribution < 1.29 is 9.59 Å². The van der Waals surface area contributed by atoms with Crippen LogP contribution in [0.15, 0.2) is 48.5 Å². The van der Waals surface area contributed by atoms with Gasteiger partial charge in [0.15, 0.2) is 0 Å². The van der Waals surface area contributed by atoms with Gasteiger partial charge in [-0.3, -0.25) is 14.5 Å². The predicted molar refractivity (Wildman–Crippen MR) is 145 cm³/mol. The minimum absolute atomic E-state index is 0.0225. The van der Waals surface area contributed by atoms with E-state index in [4.69, 9.17) is 28.9 Å². The van der Waals surface area contributed by atoms with Crippen LogP contribution < -0.4 is 11.1 Å². The first-order valence-corrected chi connectivity index (χ1v) is 13.6. The van der Waals surface area contributed by atoms with Crippen LogP contribution in [0.25, 0.3) is 0 Å². The summed E-state index contributed by atoms with van der Waals surface area (Å²) in [6.45, 7) is 5.75. The Bertz CT molecular complexity index is 1060. The van der Waals surface area contributed by atoms with Crippen LogP contribution in [0.1, 0.15) is 44.2 Å². The molecule has 0 aromatic heterocycles. The van der Waals surface area contributed by atoms with Crippen LogP contribution >= 0.6 is 23.2 Å². The molecule has 2 aliphatic rings. The maximum Gasteiger partial charge on any atom is 0.243 e. The Morgan fingerprint density at radius 1 is 1.08 bits per heavy atom. The summed E-state index contributed by atoms with van der Waals surface area (Å²) in [4.78, 5) is 31.3. The molecular weight excluding hydrogens is 495 g/mol. The summed E-state index contributed by atoms with van der Waals surface area (Å²) in [5.74, 6) is 0.139. The van der Waals surface area contributed by atoms with E-state index in [9.17, 15) is 9.59 Å². The monoisotopic (exact) mass is 530 g/mol. The lowest BCUT2D eigenvalue weighted by Gasteiger charge is -2.46. The zero-order chi connectivity index (χ0) is 25.8. The number of hydrogen-bond acceptors (Lipinski definition) is 4. The van der Waals surface area contributed by atoms with E-state index in [0.717, 1.165) is 24.9 Å². The molecule has 0 aliphatic carbocycles. The molecule has 2 aromatic rings. The normalized spacial score (nSPS) is 23.1. The lowest BCUT2D eigenvalue weighted by atomic mass is 9.95. The summed E-state index contributed by atoms with van der Waals surface area (Å²) in [6, 6.07) is 15.1. The molecule has 194 valence electrons. The third-order valence-corrected chi connectivity index (χ3v) is 7.99. The molecule has 36 heavy (non-hydrogen) atoms. The number of halogens is 2. The number of carbonyl (C=O) groups excluding carboxylic acids is 2. The average Bonchev–Trinajstić information content (AvgIpc) is 3.25. The van der Waals surface area contributed by atoms with Gasteiger partial charge in [0.25, 0.3) is 0 Å². The molecule has 2 amide bonds. The molecule has 2 heterocycles. The molecule has 0 bridgehead atoms. The lowest BCUT2D eigenvalue weighted by molar-refractivity contribution is -0.151. The number of amides is 2. The zero-order valence-corrected chi connectivity index (χ0v) is 22.5. The number of benzene rings is 2. The van der Waals surface area contributed by atoms with E-state index < -0.39 is 6.04 Å². The quantitative estimate of drug-likeness (QED) is 0.507. The van der Waals surface area contributed by atoms with Crippen LogP contribution in [0.3, 0.4) is 0 Å². The Balaban J connectivity index is 1.51. The number of hydrogen-bond donors (Lipinski definition) is 2. The SMILES string of the molecule is CC(C)C[C@H](C(=O)NCc1ccc(Cl)c(Cl)c1)N1CC(CCc2ccccc2)N2C[C@H](N)C[C@H]2C1=O. The molecule has 6 nitrogen and oxygen atoms in total. The number of fused-ring (bicyclic) bond motifs is 1. The highest BCUT2D eigenvalue weighted by Crippen LogP contribution is 2.31. The van der Waals surface area contributed by atoms with E-state index in [1.54, 1.807) is 12.1 Å². The lowest BCUT2D eigenvalue weighted by Crippen LogP contribution is -2.64. The van der Waals surface area contributed by atoms with Crippen molar-refractivity contribution >= 4 is 35.0 Å². The standard InChI is InChI=1S/C28H36Cl2N4O2/c1-18(2)12-25(27(35)32-15-20-9-11-23(29)24(30)13-20)34-17-22(10-8-19-6-4-3-5-7-19)33-16-21(31)14-26(33)28(34)36/h3-7,9,11,13,18,21-22,25-26H,8,10,12,14-17,31H2,1-2H3,(H,32,35)/t21-,22?,25-,26+/m1/s1. The smallest absolute Gasteiger partial charge is 0.243 e. The van der Waals surface area contributed by atoms with Crippen LogP contribution in [0.2, 0.25) is 10.0 Å². The predicted octanol–water partition coefficient (Wildman–Crippen LogP) is 4.27. The Kier molecular flexibility index (Phi) is 8.94. The molecule has 2 aliphatic heterocycles. The van der Waals surface area contributed by atoms with Gasteiger partial charge in [-0.05, 0) is 54.9 Å². The van der Waals surface area contributed by atoms with E-state index in [-0.39, 0.29) is 35.9 Å². The van der Waals surface area contributed by atoms with E-state index in [2.05, 4.69) is 48.3 Å². The van der Waals surface area contributed by atoms with Gasteiger partial charge in [-0.2, -0.15) is 0 Å². The number of piperazine rings is 1. The fraction of sp³-hybridized carbons (Fsp3) is 0.500. The maximum atomic E-state index is 13.7. The Morgan fingerprint density at radius 3 is 2.53 bits per heavy atom. The number of rotatable bonds is 9. The van der Waals surface area contributed by atoms with Crippen LogP contribution in [-0.4, -0.2) is 58.9 Å². The highest BCUT2D eigenvalue weighted by molar-refractivity contribution is 6.42. The summed E-state index contributed by atoms with van der Waals surface area (Å²) in [6.07, 6.45) is 3.07. The van der Waals surface area contributed by atoms with Gasteiger partial charge < -0.3 is 16.0 Å². The minimum Gasteiger partial charge on any atom is -0.350 e. The molecule has 1 unspecified atom stereocenters. The first-order chi connectivity index (χ1) is 17.2. The fourth-order valence-electron chi connectivity index (χ4n) is 5.45. The van der Waals surface area contributed by atoms with Gasteiger partial charge >= 0.3 is 0 Å². The molecule has 0 radical (unpaired) electrons. The summed E-state index contributed by atoms with van der Waals surface area (Å²) >= 11 is 12.2. The highest BCUT2D eigenvalue weighted by atomic mass is 35.5. The molecular formula is C28H36Cl2N4O2. The van der Waals surface area contributed by atoms with Gasteiger partial charge in [0.1, 0.15) is 6.04 Å². The van der Waals surface area contributed by atoms with Crippen molar-refractivity contribution in [2.45, 2.75) is 70.2 Å². The van der Waals surface area contributed by atoms with E-state index in [1.165, 1.54) is 5.56 Å². The molecule has 4 rings (SSSR count). The zero-order valence-electron chi connectivity index (χ0n) is 21.0. The van der Waals surface area contributed by atoms with E-state index >= 15 is 0 Å². The fourth-order valence-corrected chi connectivity index (χ4v) is 5.77. The van der Waals surface area contributed by atoms with Crippen molar-refractivity contribution in [2.75, 3.05) is 13.1 Å². The molecule has 0 spiro atoms. The van der Waals surface area contributed by atoms with Gasteiger partial charge in [-0.1, -0.05) is 73.4 Å². The van der Waals surface area contributed by atoms with Crippen LogP contribution in [-0.2, 0) is 22.6 Å². The molecule has 3 N–H and O–H groups in total. The number of nitrogens with zero attached hydrogens (tertiary/aromatic N) is 2. The van der Waals surface area contributed by atoms with Gasteiger partial charge in [0.05, 0.1) is 16.1 Å². The number of carbonyl (C=O) groups is 2. The minimum atomic E-state index is -0.529. The summed E-state index contributed by atoms with van der Waals surface area (Å²) < 4.78 is 0. The third kappa shape index (κ3) is 6.41. The summed E-state index contributed by atoms with van der Waals surface area (Å²) in [5, 5.41) is 3.96. The Morgan fingerprint density at radius 2 is 1.83 bits per heavy atom. The van der Waals surface area contributed by atoms with E-state index in [1.807, 2.05) is 17.0 Å². The molecule has 4 atom stereocenters. The Hall–Kier alpha value is -2.12. The second-order valence-electron chi connectivity index (χ2n) is 10.5. The third-order valence-electron chi connectivity index (χ3n) is 7.25. The van der Waals surface area contributed by atoms with Crippen LogP contribution in [0, 0.1) is 5.92 Å². The van der Waals surface area contributed by atoms with Gasteiger partial charge in [-0.15, -0.1) is 0 Å². The highest BCUT2D eigenvalue weighted by Gasteiger charge is 2.48. The van der Waals surface area contributed by atoms with Crippen molar-refractivity contribution in [3.8, 4) is 0 Å². The van der Waals surface area contributed by atoms with Crippen molar-refractivity contribution in [3.63, 3.8) is 0 Å². The average molecular weight is 532 g/mol. The summed E-state index contributed by atoms with van der Waals surface area (Å²) in [7, 11) is 0. The molecule has 2 saturated heterocycles. The first kappa shape index (κ1) is 26.9. The topological polar surface area (TPSA) is 78.7 Å². The van der Waals surface area contributed by atoms with Crippen molar-refractivity contribution in [1.29, 1.82) is 0 Å². The molecule has 0 saturated carbocycles. The number of nitrogens with two attached hydrogens (primary N) is 1. The molecule has 2 fully saturated rings. The maximum absolute atomic E-state index is 13.7. The van der Waals surface area contributed by atoms with Crippen molar-refractivity contribution in [2.24, 2.45) is 11.7 Å². The summed E-state index contributed by atoms with van der Waals surface area (Å²) in [5.41, 5.74) is 8.45. The largest absolute Gasteiger partial charge is 0.350 e. The van der Waals surface area contributed by atoms with Crippen LogP contribution in [0.4, 0.5) is 0 Å².